The summed E-state index contributed by atoms with van der Waals surface area (Å²) in [5.74, 6) is -0.391. The van der Waals surface area contributed by atoms with Crippen molar-refractivity contribution in [2.45, 2.75) is 67.9 Å². The monoisotopic (exact) mass is 524 g/mol. The first-order valence-electron chi connectivity index (χ1n) is 13.6. The normalized spacial score (nSPS) is 20.4. The van der Waals surface area contributed by atoms with E-state index < -0.39 is 11.4 Å². The minimum Gasteiger partial charge on any atom is -0.492 e. The molecule has 0 aliphatic carbocycles. The van der Waals surface area contributed by atoms with Crippen molar-refractivity contribution in [3.05, 3.63) is 62.4 Å². The molecule has 0 amide bonds. The van der Waals surface area contributed by atoms with Gasteiger partial charge in [0.05, 0.1) is 37.3 Å². The Morgan fingerprint density at radius 2 is 1.89 bits per heavy atom. The van der Waals surface area contributed by atoms with Gasteiger partial charge >= 0.3 is 5.97 Å². The summed E-state index contributed by atoms with van der Waals surface area (Å²) in [6.45, 7) is 19.4. The molecule has 1 fully saturated rings. The van der Waals surface area contributed by atoms with Crippen LogP contribution in [0.25, 0.3) is 11.3 Å². The number of likely N-dealkylation sites (N-methyl/N-ethyl adjacent to an activating group) is 1. The van der Waals surface area contributed by atoms with Gasteiger partial charge in [-0.25, -0.2) is 4.79 Å². The fraction of sp³-hybridized carbons (Fsp3) is 0.548. The highest BCUT2D eigenvalue weighted by Gasteiger charge is 2.36. The quantitative estimate of drug-likeness (QED) is 0.630. The molecular formula is C31H44N2O5. The second kappa shape index (κ2) is 11.4. The van der Waals surface area contributed by atoms with E-state index in [1.807, 2.05) is 37.6 Å². The van der Waals surface area contributed by atoms with Crippen molar-refractivity contribution >= 4 is 17.2 Å². The largest absolute Gasteiger partial charge is 0.492 e. The molecule has 1 atom stereocenters. The van der Waals surface area contributed by atoms with Gasteiger partial charge in [0.1, 0.15) is 11.3 Å². The lowest BCUT2D eigenvalue weighted by Gasteiger charge is -2.43. The lowest BCUT2D eigenvalue weighted by atomic mass is 9.84. The number of ether oxygens (including phenoxy) is 2. The Morgan fingerprint density at radius 1 is 1.24 bits per heavy atom. The van der Waals surface area contributed by atoms with Gasteiger partial charge in [0.2, 0.25) is 0 Å². The topological polar surface area (TPSA) is 81.0 Å². The van der Waals surface area contributed by atoms with Crippen LogP contribution in [0.1, 0.15) is 83.9 Å². The molecule has 1 aromatic carbocycles. The minimum atomic E-state index is -1.21. The highest BCUT2D eigenvalue weighted by Crippen LogP contribution is 2.37. The standard InChI is InChI=1S/C29H38N2O5.C2H6/c1-8-18(2)25-19(10-9-11-23(25)36-17-29(6)15-35-16-29)26-21-12-22(32)20(27(33)34)13-31(21)24(14-30(26)7)28(3,4)5;1-2/h9-13,24H,8,14-17H2,1-7H3,(H,33,34);1-2H3/b25-18?,26-19-;. The Kier molecular flexibility index (Phi) is 8.82. The summed E-state index contributed by atoms with van der Waals surface area (Å²) in [7, 11) is 2.04. The van der Waals surface area contributed by atoms with Crippen LogP contribution in [0.2, 0.25) is 0 Å². The van der Waals surface area contributed by atoms with Gasteiger partial charge in [-0.1, -0.05) is 66.2 Å². The fourth-order valence-corrected chi connectivity index (χ4v) is 5.08. The SMILES string of the molecule is CC.CCC(C)=c1c(OCC2(C)COC2)ccc/c1=C1\c2cc(=O)c(C(=O)O)cn2C(C(C)(C)C)CN1C. The molecular weight excluding hydrogens is 480 g/mol. The molecule has 7 heteroatoms. The lowest BCUT2D eigenvalue weighted by molar-refractivity contribution is -0.120. The minimum absolute atomic E-state index is 0.00917. The van der Waals surface area contributed by atoms with Crippen LogP contribution < -0.4 is 20.6 Å². The summed E-state index contributed by atoms with van der Waals surface area (Å²) in [4.78, 5) is 26.9. The Morgan fingerprint density at radius 3 is 2.42 bits per heavy atom. The number of aromatic nitrogens is 1. The van der Waals surface area contributed by atoms with Gasteiger partial charge in [-0.15, -0.1) is 0 Å². The van der Waals surface area contributed by atoms with Crippen molar-refractivity contribution in [1.82, 2.24) is 9.47 Å². The van der Waals surface area contributed by atoms with Gasteiger partial charge in [-0.05, 0) is 24.8 Å². The molecule has 1 N–H and O–H groups in total. The number of rotatable bonds is 5. The summed E-state index contributed by atoms with van der Waals surface area (Å²) in [6, 6.07) is 7.53. The van der Waals surface area contributed by atoms with Crippen LogP contribution in [0.4, 0.5) is 0 Å². The molecule has 7 nitrogen and oxygen atoms in total. The van der Waals surface area contributed by atoms with E-state index in [-0.39, 0.29) is 22.4 Å². The van der Waals surface area contributed by atoms with E-state index >= 15 is 0 Å². The summed E-state index contributed by atoms with van der Waals surface area (Å²) >= 11 is 0. The van der Waals surface area contributed by atoms with Crippen LogP contribution >= 0.6 is 0 Å². The first kappa shape index (κ1) is 29.5. The summed E-state index contributed by atoms with van der Waals surface area (Å²) in [6.07, 6.45) is 2.37. The Balaban J connectivity index is 0.00000195. The van der Waals surface area contributed by atoms with Crippen molar-refractivity contribution in [3.63, 3.8) is 0 Å². The molecule has 1 saturated heterocycles. The van der Waals surface area contributed by atoms with E-state index in [1.54, 1.807) is 0 Å². The van der Waals surface area contributed by atoms with Crippen LogP contribution in [-0.4, -0.2) is 54.0 Å². The van der Waals surface area contributed by atoms with Crippen LogP contribution in [0.5, 0.6) is 5.75 Å². The van der Waals surface area contributed by atoms with Gasteiger partial charge in [-0.3, -0.25) is 4.79 Å². The number of fused-ring (bicyclic) bond motifs is 1. The van der Waals surface area contributed by atoms with Crippen LogP contribution in [-0.2, 0) is 4.74 Å². The zero-order valence-electron chi connectivity index (χ0n) is 24.5. The molecule has 0 radical (unpaired) electrons. The highest BCUT2D eigenvalue weighted by molar-refractivity contribution is 5.87. The summed E-state index contributed by atoms with van der Waals surface area (Å²) in [5.41, 5.74) is 1.97. The molecule has 0 spiro atoms. The molecule has 38 heavy (non-hydrogen) atoms. The van der Waals surface area contributed by atoms with E-state index in [4.69, 9.17) is 9.47 Å². The van der Waals surface area contributed by atoms with Crippen LogP contribution in [0.15, 0.2) is 35.3 Å². The number of benzene rings is 1. The number of carboxylic acids is 1. The number of hydrogen-bond donors (Lipinski definition) is 1. The predicted octanol–water partition coefficient (Wildman–Crippen LogP) is 4.26. The second-order valence-corrected chi connectivity index (χ2v) is 11.7. The first-order chi connectivity index (χ1) is 17.9. The van der Waals surface area contributed by atoms with Gasteiger partial charge in [-0.2, -0.15) is 0 Å². The Labute approximate surface area is 226 Å². The molecule has 3 heterocycles. The van der Waals surface area contributed by atoms with Crippen molar-refractivity contribution in [1.29, 1.82) is 0 Å². The van der Waals surface area contributed by atoms with E-state index in [1.165, 1.54) is 17.8 Å². The maximum atomic E-state index is 12.9. The molecule has 0 bridgehead atoms. The first-order valence-corrected chi connectivity index (χ1v) is 13.6. The Hall–Kier alpha value is -3.06. The maximum Gasteiger partial charge on any atom is 0.341 e. The average molecular weight is 525 g/mol. The molecule has 208 valence electrons. The lowest BCUT2D eigenvalue weighted by Crippen LogP contribution is -2.47. The molecule has 1 unspecified atom stereocenters. The average Bonchev–Trinajstić information content (AvgIpc) is 2.85. The van der Waals surface area contributed by atoms with Crippen molar-refractivity contribution < 1.29 is 19.4 Å². The fourth-order valence-electron chi connectivity index (χ4n) is 5.08. The van der Waals surface area contributed by atoms with E-state index in [2.05, 4.69) is 52.5 Å². The zero-order chi connectivity index (χ0) is 28.4. The number of hydrogen-bond acceptors (Lipinski definition) is 5. The second-order valence-electron chi connectivity index (χ2n) is 11.7. The van der Waals surface area contributed by atoms with Gasteiger partial charge in [0.15, 0.2) is 5.43 Å². The van der Waals surface area contributed by atoms with E-state index in [0.717, 1.165) is 34.0 Å². The van der Waals surface area contributed by atoms with Crippen molar-refractivity contribution in [2.24, 2.45) is 10.8 Å². The van der Waals surface area contributed by atoms with Crippen LogP contribution in [0, 0.1) is 10.8 Å². The summed E-state index contributed by atoms with van der Waals surface area (Å²) in [5, 5.41) is 11.7. The third-order valence-electron chi connectivity index (χ3n) is 7.43. The number of aromatic carboxylic acids is 1. The van der Waals surface area contributed by atoms with Gasteiger partial charge < -0.3 is 24.0 Å². The number of pyridine rings is 1. The molecule has 4 rings (SSSR count). The third-order valence-corrected chi connectivity index (χ3v) is 7.43. The molecule has 2 aliphatic rings. The number of carbonyl (C=O) groups is 1. The van der Waals surface area contributed by atoms with Crippen LogP contribution in [0.3, 0.4) is 0 Å². The predicted molar refractivity (Wildman–Crippen MR) is 152 cm³/mol. The van der Waals surface area contributed by atoms with Crippen molar-refractivity contribution in [2.75, 3.05) is 33.4 Å². The smallest absolute Gasteiger partial charge is 0.341 e. The van der Waals surface area contributed by atoms with Gasteiger partial charge in [0.25, 0.3) is 0 Å². The zero-order valence-corrected chi connectivity index (χ0v) is 24.5. The molecule has 2 aliphatic heterocycles. The Bertz CT molecular complexity index is 1360. The number of nitrogens with zero attached hydrogens (tertiary/aromatic N) is 2. The molecule has 1 aromatic heterocycles. The highest BCUT2D eigenvalue weighted by atomic mass is 16.5. The maximum absolute atomic E-state index is 12.9. The number of carboxylic acid groups (broad SMARTS) is 1. The van der Waals surface area contributed by atoms with E-state index in [9.17, 15) is 14.7 Å². The van der Waals surface area contributed by atoms with Crippen molar-refractivity contribution in [3.8, 4) is 5.75 Å². The van der Waals surface area contributed by atoms with E-state index in [0.29, 0.717) is 26.4 Å². The third kappa shape index (κ3) is 5.68. The van der Waals surface area contributed by atoms with Gasteiger partial charge in [0, 0.05) is 41.7 Å². The molecule has 2 aromatic rings. The molecule has 0 saturated carbocycles. The summed E-state index contributed by atoms with van der Waals surface area (Å²) < 4.78 is 13.8.